The number of anilines is 1. The number of hydrogen-bond acceptors (Lipinski definition) is 5. The molecule has 0 radical (unpaired) electrons. The van der Waals surface area contributed by atoms with Gasteiger partial charge in [-0.1, -0.05) is 11.2 Å². The zero-order valence-electron chi connectivity index (χ0n) is 11.6. The minimum absolute atomic E-state index is 0.135. The highest BCUT2D eigenvalue weighted by atomic mass is 32.2. The Hall–Kier alpha value is -1.40. The van der Waals surface area contributed by atoms with Gasteiger partial charge in [0.25, 0.3) is 0 Å². The van der Waals surface area contributed by atoms with Crippen LogP contribution in [0.4, 0.5) is 5.69 Å². The molecular weight excluding hydrogens is 274 g/mol. The highest BCUT2D eigenvalue weighted by Crippen LogP contribution is 2.32. The first-order valence-corrected chi connectivity index (χ1v) is 7.94. The Morgan fingerprint density at radius 3 is 3.00 bits per heavy atom. The first-order chi connectivity index (χ1) is 9.71. The molecule has 0 amide bonds. The van der Waals surface area contributed by atoms with Gasteiger partial charge in [-0.2, -0.15) is 0 Å². The van der Waals surface area contributed by atoms with Crippen molar-refractivity contribution in [2.24, 2.45) is 16.8 Å². The molecule has 0 aromatic heterocycles. The quantitative estimate of drug-likeness (QED) is 0.259. The monoisotopic (exact) mass is 295 g/mol. The molecule has 1 aromatic carbocycles. The second kappa shape index (κ2) is 6.85. The molecule has 1 saturated heterocycles. The number of benzene rings is 1. The zero-order chi connectivity index (χ0) is 14.5. The van der Waals surface area contributed by atoms with Crippen molar-refractivity contribution in [1.29, 1.82) is 0 Å². The minimum atomic E-state index is 0.135. The molecule has 5 nitrogen and oxygen atoms in total. The Kier molecular flexibility index (Phi) is 5.14. The van der Waals surface area contributed by atoms with Crippen molar-refractivity contribution < 1.29 is 10.3 Å². The summed E-state index contributed by atoms with van der Waals surface area (Å²) in [4.78, 5) is 3.21. The maximum atomic E-state index is 9.36. The van der Waals surface area contributed by atoms with Crippen LogP contribution in [0.1, 0.15) is 18.4 Å². The Morgan fingerprint density at radius 2 is 2.35 bits per heavy atom. The van der Waals surface area contributed by atoms with Gasteiger partial charge < -0.3 is 20.9 Å². The summed E-state index contributed by atoms with van der Waals surface area (Å²) in [6, 6.07) is 5.94. The predicted molar refractivity (Wildman–Crippen MR) is 82.8 cm³/mol. The summed E-state index contributed by atoms with van der Waals surface area (Å²) >= 11 is 1.58. The third-order valence-corrected chi connectivity index (χ3v) is 4.49. The number of nitrogens with two attached hydrogens (primary N) is 1. The Bertz CT molecular complexity index is 493. The van der Waals surface area contributed by atoms with Gasteiger partial charge >= 0.3 is 0 Å². The fraction of sp³-hybridized carbons (Fsp3) is 0.500. The van der Waals surface area contributed by atoms with Gasteiger partial charge in [-0.15, -0.1) is 11.8 Å². The number of rotatable bonds is 4. The summed E-state index contributed by atoms with van der Waals surface area (Å²) in [6.07, 6.45) is 4.07. The summed E-state index contributed by atoms with van der Waals surface area (Å²) in [5.41, 5.74) is 7.61. The molecule has 1 aliphatic heterocycles. The molecule has 4 N–H and O–H groups in total. The minimum Gasteiger partial charge on any atom is -0.409 e. The average Bonchev–Trinajstić information content (AvgIpc) is 2.53. The predicted octanol–water partition coefficient (Wildman–Crippen LogP) is 1.71. The smallest absolute Gasteiger partial charge is 0.173 e. The van der Waals surface area contributed by atoms with Gasteiger partial charge in [0.1, 0.15) is 0 Å². The van der Waals surface area contributed by atoms with E-state index in [1.807, 2.05) is 24.5 Å². The molecule has 0 aliphatic carbocycles. The maximum Gasteiger partial charge on any atom is 0.173 e. The molecule has 6 heteroatoms. The first kappa shape index (κ1) is 15.0. The number of thioether (sulfide) groups is 1. The standard InChI is InChI=1S/C14H21N3O2S/c1-20-12-6-2-5-11(13(12)14(15)16-19)17-7-3-4-10(8-17)9-18/h2,5-6,10,18-19H,3-4,7-9H2,1H3,(H2,15,16). The van der Waals surface area contributed by atoms with Gasteiger partial charge in [0.15, 0.2) is 5.84 Å². The van der Waals surface area contributed by atoms with Crippen molar-refractivity contribution in [2.45, 2.75) is 17.7 Å². The SMILES string of the molecule is CSc1cccc(N2CCCC(CO)C2)c1/C(N)=N/O. The first-order valence-electron chi connectivity index (χ1n) is 6.72. The van der Waals surface area contributed by atoms with Crippen LogP contribution in [0.5, 0.6) is 0 Å². The van der Waals surface area contributed by atoms with Crippen LogP contribution in [0.15, 0.2) is 28.3 Å². The molecule has 1 aromatic rings. The molecule has 0 spiro atoms. The largest absolute Gasteiger partial charge is 0.409 e. The molecule has 2 rings (SSSR count). The van der Waals surface area contributed by atoms with Gasteiger partial charge in [0.2, 0.25) is 0 Å². The van der Waals surface area contributed by atoms with Crippen LogP contribution >= 0.6 is 11.8 Å². The molecule has 1 atom stereocenters. The fourth-order valence-electron chi connectivity index (χ4n) is 2.69. The van der Waals surface area contributed by atoms with Gasteiger partial charge in [0, 0.05) is 30.3 Å². The van der Waals surface area contributed by atoms with Crippen molar-refractivity contribution in [1.82, 2.24) is 0 Å². The van der Waals surface area contributed by atoms with Crippen LogP contribution < -0.4 is 10.6 Å². The van der Waals surface area contributed by atoms with Crippen LogP contribution in [0, 0.1) is 5.92 Å². The average molecular weight is 295 g/mol. The molecule has 20 heavy (non-hydrogen) atoms. The van der Waals surface area contributed by atoms with Crippen LogP contribution in [-0.2, 0) is 0 Å². The number of amidine groups is 1. The Balaban J connectivity index is 2.40. The second-order valence-electron chi connectivity index (χ2n) is 4.98. The Morgan fingerprint density at radius 1 is 1.55 bits per heavy atom. The van der Waals surface area contributed by atoms with Crippen molar-refractivity contribution in [3.8, 4) is 0 Å². The molecule has 1 fully saturated rings. The van der Waals surface area contributed by atoms with E-state index in [2.05, 4.69) is 10.1 Å². The van der Waals surface area contributed by atoms with Crippen LogP contribution in [-0.4, -0.2) is 42.1 Å². The summed E-state index contributed by atoms with van der Waals surface area (Å²) in [7, 11) is 0. The van der Waals surface area contributed by atoms with Crippen molar-refractivity contribution in [3.05, 3.63) is 23.8 Å². The van der Waals surface area contributed by atoms with Crippen LogP contribution in [0.3, 0.4) is 0 Å². The van der Waals surface area contributed by atoms with Gasteiger partial charge in [-0.3, -0.25) is 0 Å². The number of aliphatic hydroxyl groups is 1. The lowest BCUT2D eigenvalue weighted by atomic mass is 9.97. The molecular formula is C14H21N3O2S. The summed E-state index contributed by atoms with van der Waals surface area (Å²) < 4.78 is 0. The van der Waals surface area contributed by atoms with Crippen molar-refractivity contribution in [2.75, 3.05) is 30.9 Å². The number of piperidine rings is 1. The van der Waals surface area contributed by atoms with Crippen molar-refractivity contribution >= 4 is 23.3 Å². The number of nitrogens with zero attached hydrogens (tertiary/aromatic N) is 2. The van der Waals surface area contributed by atoms with E-state index in [0.29, 0.717) is 5.92 Å². The van der Waals surface area contributed by atoms with E-state index in [1.54, 1.807) is 11.8 Å². The molecule has 0 bridgehead atoms. The highest BCUT2D eigenvalue weighted by Gasteiger charge is 2.23. The topological polar surface area (TPSA) is 82.1 Å². The van der Waals surface area contributed by atoms with E-state index < -0.39 is 0 Å². The lowest BCUT2D eigenvalue weighted by Crippen LogP contribution is -2.38. The third-order valence-electron chi connectivity index (χ3n) is 3.71. The van der Waals surface area contributed by atoms with Gasteiger partial charge in [-0.25, -0.2) is 0 Å². The molecule has 1 unspecified atom stereocenters. The van der Waals surface area contributed by atoms with Crippen LogP contribution in [0.25, 0.3) is 0 Å². The third kappa shape index (κ3) is 3.02. The Labute approximate surface area is 123 Å². The maximum absolute atomic E-state index is 9.36. The molecule has 0 saturated carbocycles. The van der Waals surface area contributed by atoms with Crippen LogP contribution in [0.2, 0.25) is 0 Å². The lowest BCUT2D eigenvalue weighted by Gasteiger charge is -2.35. The zero-order valence-corrected chi connectivity index (χ0v) is 12.4. The number of oxime groups is 1. The van der Waals surface area contributed by atoms with E-state index in [1.165, 1.54) is 0 Å². The van der Waals surface area contributed by atoms with E-state index in [9.17, 15) is 5.11 Å². The normalized spacial score (nSPS) is 20.2. The summed E-state index contributed by atoms with van der Waals surface area (Å²) in [5.74, 6) is 0.429. The summed E-state index contributed by atoms with van der Waals surface area (Å²) in [5, 5.41) is 21.6. The van der Waals surface area contributed by atoms with E-state index in [4.69, 9.17) is 10.9 Å². The fourth-order valence-corrected chi connectivity index (χ4v) is 3.32. The molecule has 1 heterocycles. The lowest BCUT2D eigenvalue weighted by molar-refractivity contribution is 0.208. The van der Waals surface area contributed by atoms with E-state index in [0.717, 1.165) is 42.1 Å². The van der Waals surface area contributed by atoms with Gasteiger partial charge in [-0.05, 0) is 37.1 Å². The number of hydrogen-bond donors (Lipinski definition) is 3. The second-order valence-corrected chi connectivity index (χ2v) is 5.82. The van der Waals surface area contributed by atoms with E-state index in [-0.39, 0.29) is 12.4 Å². The highest BCUT2D eigenvalue weighted by molar-refractivity contribution is 7.98. The van der Waals surface area contributed by atoms with Gasteiger partial charge in [0.05, 0.1) is 5.56 Å². The van der Waals surface area contributed by atoms with E-state index >= 15 is 0 Å². The molecule has 1 aliphatic rings. The number of aliphatic hydroxyl groups excluding tert-OH is 1. The molecule has 110 valence electrons. The summed E-state index contributed by atoms with van der Waals surface area (Å²) in [6.45, 7) is 1.94. The van der Waals surface area contributed by atoms with Crippen molar-refractivity contribution in [3.63, 3.8) is 0 Å².